The predicted octanol–water partition coefficient (Wildman–Crippen LogP) is 5.14. The molecule has 0 radical (unpaired) electrons. The molecule has 2 aromatic carbocycles. The van der Waals surface area contributed by atoms with Crippen molar-refractivity contribution in [2.75, 3.05) is 0 Å². The van der Waals surface area contributed by atoms with Crippen molar-refractivity contribution in [1.82, 2.24) is 9.38 Å². The molecule has 0 saturated heterocycles. The van der Waals surface area contributed by atoms with Crippen molar-refractivity contribution >= 4 is 16.3 Å². The highest BCUT2D eigenvalue weighted by molar-refractivity contribution is 7.20. The van der Waals surface area contributed by atoms with Gasteiger partial charge in [-0.3, -0.25) is 4.40 Å². The topological polar surface area (TPSA) is 43.3 Å². The largest absolute Gasteiger partial charge is 0.325 e. The molecule has 2 heterocycles. The summed E-state index contributed by atoms with van der Waals surface area (Å²) in [6, 6.07) is 19.1. The Kier molecular flexibility index (Phi) is 4.38. The third-order valence-corrected chi connectivity index (χ3v) is 5.47. The highest BCUT2D eigenvalue weighted by Crippen LogP contribution is 2.33. The summed E-state index contributed by atoms with van der Waals surface area (Å²) in [6.07, 6.45) is 4.43. The number of hydrogen-bond donors (Lipinski definition) is 1. The molecule has 4 heteroatoms. The Morgan fingerprint density at radius 2 is 1.76 bits per heavy atom. The fraction of sp³-hybridized carbons (Fsp3) is 0.190. The Morgan fingerprint density at radius 3 is 2.44 bits per heavy atom. The lowest BCUT2D eigenvalue weighted by atomic mass is 10.0. The maximum absolute atomic E-state index is 6.07. The number of nitrogens with zero attached hydrogens (tertiary/aromatic N) is 2. The lowest BCUT2D eigenvalue weighted by molar-refractivity contribution is 0.922. The molecule has 0 bridgehead atoms. The van der Waals surface area contributed by atoms with Crippen molar-refractivity contribution in [3.63, 3.8) is 0 Å². The van der Waals surface area contributed by atoms with Crippen LogP contribution in [-0.4, -0.2) is 9.38 Å². The summed E-state index contributed by atoms with van der Waals surface area (Å²) >= 11 is 1.70. The average Bonchev–Trinajstić information content (AvgIpc) is 3.21. The van der Waals surface area contributed by atoms with E-state index in [9.17, 15) is 0 Å². The summed E-state index contributed by atoms with van der Waals surface area (Å²) in [5.74, 6) is 0. The second kappa shape index (κ2) is 6.82. The molecule has 0 aliphatic carbocycles. The number of imidazole rings is 1. The molecule has 0 spiro atoms. The van der Waals surface area contributed by atoms with Gasteiger partial charge in [0.25, 0.3) is 0 Å². The van der Waals surface area contributed by atoms with Gasteiger partial charge in [0.05, 0.1) is 16.3 Å². The molecular weight excluding hydrogens is 326 g/mol. The monoisotopic (exact) mass is 347 g/mol. The summed E-state index contributed by atoms with van der Waals surface area (Å²) in [5, 5.41) is 0. The van der Waals surface area contributed by atoms with Crippen LogP contribution in [0, 0.1) is 0 Å². The average molecular weight is 347 g/mol. The second-order valence-electron chi connectivity index (χ2n) is 6.17. The smallest absolute Gasteiger partial charge is 0.195 e. The molecule has 0 saturated carbocycles. The normalized spacial score (nSPS) is 11.3. The minimum atomic E-state index is 0.470. The Morgan fingerprint density at radius 1 is 1.00 bits per heavy atom. The van der Waals surface area contributed by atoms with Gasteiger partial charge in [0.1, 0.15) is 0 Å². The van der Waals surface area contributed by atoms with E-state index in [0.29, 0.717) is 6.54 Å². The van der Waals surface area contributed by atoms with Crippen LogP contribution in [0.1, 0.15) is 24.6 Å². The Labute approximate surface area is 151 Å². The molecule has 3 nitrogen and oxygen atoms in total. The van der Waals surface area contributed by atoms with E-state index >= 15 is 0 Å². The molecule has 2 N–H and O–H groups in total. The maximum Gasteiger partial charge on any atom is 0.195 e. The van der Waals surface area contributed by atoms with E-state index in [1.54, 1.807) is 11.3 Å². The maximum atomic E-state index is 6.07. The summed E-state index contributed by atoms with van der Waals surface area (Å²) in [5.41, 5.74) is 11.9. The van der Waals surface area contributed by atoms with E-state index in [2.05, 4.69) is 66.1 Å². The molecule has 126 valence electrons. The van der Waals surface area contributed by atoms with E-state index in [1.165, 1.54) is 16.0 Å². The number of thiazole rings is 1. The van der Waals surface area contributed by atoms with Crippen LogP contribution >= 0.6 is 11.3 Å². The van der Waals surface area contributed by atoms with E-state index in [-0.39, 0.29) is 0 Å². The molecule has 0 aliphatic rings. The zero-order valence-electron chi connectivity index (χ0n) is 14.3. The van der Waals surface area contributed by atoms with E-state index < -0.39 is 0 Å². The van der Waals surface area contributed by atoms with Gasteiger partial charge in [-0.15, -0.1) is 0 Å². The molecular formula is C21H21N3S. The van der Waals surface area contributed by atoms with Gasteiger partial charge in [0.15, 0.2) is 4.96 Å². The molecule has 2 aromatic heterocycles. The quantitative estimate of drug-likeness (QED) is 0.543. The van der Waals surface area contributed by atoms with Gasteiger partial charge in [-0.2, -0.15) is 0 Å². The lowest BCUT2D eigenvalue weighted by Gasteiger charge is -2.04. The van der Waals surface area contributed by atoms with Crippen molar-refractivity contribution in [3.05, 3.63) is 72.1 Å². The fourth-order valence-corrected chi connectivity index (χ4v) is 4.18. The Bertz CT molecular complexity index is 981. The highest BCUT2D eigenvalue weighted by atomic mass is 32.1. The van der Waals surface area contributed by atoms with E-state index in [4.69, 9.17) is 10.7 Å². The van der Waals surface area contributed by atoms with Crippen LogP contribution in [0.15, 0.2) is 60.8 Å². The van der Waals surface area contributed by atoms with Gasteiger partial charge in [0, 0.05) is 18.3 Å². The van der Waals surface area contributed by atoms with Crippen LogP contribution in [0.2, 0.25) is 0 Å². The van der Waals surface area contributed by atoms with Crippen LogP contribution in [0.4, 0.5) is 0 Å². The molecule has 4 aromatic rings. The molecule has 25 heavy (non-hydrogen) atoms. The van der Waals surface area contributed by atoms with E-state index in [0.717, 1.165) is 34.8 Å². The minimum absolute atomic E-state index is 0.470. The molecule has 0 atom stereocenters. The first-order valence-corrected chi connectivity index (χ1v) is 9.47. The third-order valence-electron chi connectivity index (χ3n) is 4.44. The fourth-order valence-electron chi connectivity index (χ4n) is 3.17. The van der Waals surface area contributed by atoms with Gasteiger partial charge in [-0.1, -0.05) is 79.3 Å². The van der Waals surface area contributed by atoms with Gasteiger partial charge in [-0.25, -0.2) is 4.98 Å². The van der Waals surface area contributed by atoms with Crippen molar-refractivity contribution in [1.29, 1.82) is 0 Å². The highest BCUT2D eigenvalue weighted by Gasteiger charge is 2.16. The van der Waals surface area contributed by atoms with Gasteiger partial charge in [-0.05, 0) is 17.5 Å². The van der Waals surface area contributed by atoms with Gasteiger partial charge in [0.2, 0.25) is 0 Å². The molecule has 4 rings (SSSR count). The van der Waals surface area contributed by atoms with Crippen LogP contribution in [0.25, 0.3) is 26.7 Å². The molecule has 0 amide bonds. The molecule has 0 fully saturated rings. The van der Waals surface area contributed by atoms with Crippen LogP contribution in [-0.2, 0) is 13.0 Å². The first-order valence-electron chi connectivity index (χ1n) is 8.65. The third kappa shape index (κ3) is 2.99. The van der Waals surface area contributed by atoms with Crippen molar-refractivity contribution in [2.45, 2.75) is 26.3 Å². The Hall–Kier alpha value is -2.43. The van der Waals surface area contributed by atoms with Crippen LogP contribution < -0.4 is 5.73 Å². The summed E-state index contributed by atoms with van der Waals surface area (Å²) in [6.45, 7) is 2.67. The van der Waals surface area contributed by atoms with Crippen molar-refractivity contribution < 1.29 is 0 Å². The number of rotatable bonds is 5. The zero-order chi connectivity index (χ0) is 17.2. The standard InChI is InChI=1S/C21H21N3S/c1-2-6-15-9-11-17(12-10-15)20-18(13-22)24-14-19(25-21(24)23-20)16-7-4-3-5-8-16/h3-5,7-12,14H,2,6,13,22H2,1H3. The molecule has 0 aliphatic heterocycles. The lowest BCUT2D eigenvalue weighted by Crippen LogP contribution is -2.01. The SMILES string of the molecule is CCCc1ccc(-c2nc3sc(-c4ccccc4)cn3c2CN)cc1. The number of benzene rings is 2. The van der Waals surface area contributed by atoms with E-state index in [1.807, 2.05) is 6.07 Å². The summed E-state index contributed by atoms with van der Waals surface area (Å²) in [7, 11) is 0. The number of nitrogens with two attached hydrogens (primary N) is 1. The second-order valence-corrected chi connectivity index (χ2v) is 7.18. The summed E-state index contributed by atoms with van der Waals surface area (Å²) in [4.78, 5) is 7.08. The Balaban J connectivity index is 1.76. The van der Waals surface area contributed by atoms with Crippen LogP contribution in [0.3, 0.4) is 0 Å². The first-order chi connectivity index (χ1) is 12.3. The zero-order valence-corrected chi connectivity index (χ0v) is 15.1. The number of aromatic nitrogens is 2. The van der Waals surface area contributed by atoms with Crippen molar-refractivity contribution in [3.8, 4) is 21.7 Å². The number of hydrogen-bond acceptors (Lipinski definition) is 3. The predicted molar refractivity (Wildman–Crippen MR) is 106 cm³/mol. The van der Waals surface area contributed by atoms with Gasteiger partial charge >= 0.3 is 0 Å². The van der Waals surface area contributed by atoms with Gasteiger partial charge < -0.3 is 5.73 Å². The summed E-state index contributed by atoms with van der Waals surface area (Å²) < 4.78 is 2.14. The number of aryl methyl sites for hydroxylation is 1. The number of fused-ring (bicyclic) bond motifs is 1. The van der Waals surface area contributed by atoms with Crippen LogP contribution in [0.5, 0.6) is 0 Å². The molecule has 0 unspecified atom stereocenters. The minimum Gasteiger partial charge on any atom is -0.325 e. The first kappa shape index (κ1) is 16.1. The van der Waals surface area contributed by atoms with Crippen molar-refractivity contribution in [2.24, 2.45) is 5.73 Å².